The van der Waals surface area contributed by atoms with Gasteiger partial charge in [-0.1, -0.05) is 42.5 Å². The summed E-state index contributed by atoms with van der Waals surface area (Å²) in [5.41, 5.74) is 3.25. The molecule has 1 N–H and O–H groups in total. The second-order valence-electron chi connectivity index (χ2n) is 6.98. The lowest BCUT2D eigenvalue weighted by Crippen LogP contribution is -2.26. The van der Waals surface area contributed by atoms with Crippen molar-refractivity contribution in [2.24, 2.45) is 0 Å². The summed E-state index contributed by atoms with van der Waals surface area (Å²) in [6, 6.07) is 21.1. The van der Waals surface area contributed by atoms with Gasteiger partial charge in [0, 0.05) is 11.1 Å². The molecule has 0 aliphatic heterocycles. The SMILES string of the molecule is CCOc1ccc(C(=O)N[C@H](C)c2ccc(F)cc2)cc1COCc1ccccc1. The van der Waals surface area contributed by atoms with Crippen molar-refractivity contribution < 1.29 is 18.7 Å². The first-order valence-electron chi connectivity index (χ1n) is 10.0. The molecule has 30 heavy (non-hydrogen) atoms. The highest BCUT2D eigenvalue weighted by Gasteiger charge is 2.14. The zero-order valence-electron chi connectivity index (χ0n) is 17.2. The molecule has 0 aliphatic carbocycles. The topological polar surface area (TPSA) is 47.6 Å². The molecule has 0 saturated heterocycles. The van der Waals surface area contributed by atoms with E-state index in [0.717, 1.165) is 16.7 Å². The number of carbonyl (C=O) groups is 1. The van der Waals surface area contributed by atoms with Crippen molar-refractivity contribution in [2.45, 2.75) is 33.1 Å². The van der Waals surface area contributed by atoms with Crippen LogP contribution in [0, 0.1) is 5.82 Å². The minimum Gasteiger partial charge on any atom is -0.494 e. The fourth-order valence-corrected chi connectivity index (χ4v) is 3.10. The van der Waals surface area contributed by atoms with Crippen molar-refractivity contribution >= 4 is 5.91 Å². The first-order valence-corrected chi connectivity index (χ1v) is 10.0. The van der Waals surface area contributed by atoms with Crippen LogP contribution in [-0.4, -0.2) is 12.5 Å². The van der Waals surface area contributed by atoms with Crippen molar-refractivity contribution in [1.29, 1.82) is 0 Å². The second-order valence-corrected chi connectivity index (χ2v) is 6.98. The molecule has 3 rings (SSSR count). The molecule has 156 valence electrons. The molecule has 1 amide bonds. The Bertz CT molecular complexity index is 958. The van der Waals surface area contributed by atoms with Gasteiger partial charge in [0.1, 0.15) is 11.6 Å². The Balaban J connectivity index is 1.68. The summed E-state index contributed by atoms with van der Waals surface area (Å²) >= 11 is 0. The van der Waals surface area contributed by atoms with Gasteiger partial charge in [-0.25, -0.2) is 4.39 Å². The fourth-order valence-electron chi connectivity index (χ4n) is 3.10. The molecular formula is C25H26FNO3. The predicted molar refractivity (Wildman–Crippen MR) is 115 cm³/mol. The normalized spacial score (nSPS) is 11.7. The van der Waals surface area contributed by atoms with Gasteiger partial charge in [0.25, 0.3) is 5.91 Å². The quantitative estimate of drug-likeness (QED) is 0.514. The summed E-state index contributed by atoms with van der Waals surface area (Å²) in [5.74, 6) is 0.191. The molecule has 0 aliphatic rings. The van der Waals surface area contributed by atoms with Crippen molar-refractivity contribution in [3.63, 3.8) is 0 Å². The fraction of sp³-hybridized carbons (Fsp3) is 0.240. The van der Waals surface area contributed by atoms with Crippen molar-refractivity contribution in [3.8, 4) is 5.75 Å². The number of carbonyl (C=O) groups excluding carboxylic acids is 1. The van der Waals surface area contributed by atoms with E-state index in [-0.39, 0.29) is 17.8 Å². The number of nitrogens with one attached hydrogen (secondary N) is 1. The smallest absolute Gasteiger partial charge is 0.251 e. The molecule has 0 heterocycles. The van der Waals surface area contributed by atoms with Crippen LogP contribution in [0.25, 0.3) is 0 Å². The van der Waals surface area contributed by atoms with Crippen LogP contribution in [0.2, 0.25) is 0 Å². The molecule has 5 heteroatoms. The Morgan fingerprint density at radius 1 is 1.00 bits per heavy atom. The van der Waals surface area contributed by atoms with Gasteiger partial charge >= 0.3 is 0 Å². The maximum absolute atomic E-state index is 13.1. The first kappa shape index (κ1) is 21.5. The molecule has 0 unspecified atom stereocenters. The maximum Gasteiger partial charge on any atom is 0.251 e. The number of hydrogen-bond acceptors (Lipinski definition) is 3. The number of halogens is 1. The monoisotopic (exact) mass is 407 g/mol. The van der Waals surface area contributed by atoms with E-state index in [1.165, 1.54) is 12.1 Å². The number of hydrogen-bond donors (Lipinski definition) is 1. The molecule has 0 saturated carbocycles. The lowest BCUT2D eigenvalue weighted by atomic mass is 10.1. The Hall–Kier alpha value is -3.18. The third kappa shape index (κ3) is 5.91. The van der Waals surface area contributed by atoms with Gasteiger partial charge in [-0.2, -0.15) is 0 Å². The van der Waals surface area contributed by atoms with E-state index in [2.05, 4.69) is 5.32 Å². The van der Waals surface area contributed by atoms with Gasteiger partial charge in [0.2, 0.25) is 0 Å². The molecule has 3 aromatic rings. The standard InChI is InChI=1S/C25H26FNO3/c1-3-30-24-14-11-21(15-22(24)17-29-16-19-7-5-4-6-8-19)25(28)27-18(2)20-9-12-23(26)13-10-20/h4-15,18H,3,16-17H2,1-2H3,(H,27,28)/t18-/m1/s1. The molecule has 0 aromatic heterocycles. The Kier molecular flexibility index (Phi) is 7.57. The van der Waals surface area contributed by atoms with E-state index in [0.29, 0.717) is 31.1 Å². The highest BCUT2D eigenvalue weighted by atomic mass is 19.1. The van der Waals surface area contributed by atoms with Crippen LogP contribution in [0.15, 0.2) is 72.8 Å². The average molecular weight is 407 g/mol. The summed E-state index contributed by atoms with van der Waals surface area (Å²) in [6.45, 7) is 5.12. The largest absolute Gasteiger partial charge is 0.494 e. The highest BCUT2D eigenvalue weighted by Crippen LogP contribution is 2.23. The first-order chi connectivity index (χ1) is 14.6. The molecule has 0 spiro atoms. The van der Waals surface area contributed by atoms with Crippen molar-refractivity contribution in [3.05, 3.63) is 101 Å². The summed E-state index contributed by atoms with van der Waals surface area (Å²) in [4.78, 5) is 12.7. The zero-order valence-corrected chi connectivity index (χ0v) is 17.2. The lowest BCUT2D eigenvalue weighted by Gasteiger charge is -2.16. The molecular weight excluding hydrogens is 381 g/mol. The number of benzene rings is 3. The molecule has 0 bridgehead atoms. The molecule has 0 fully saturated rings. The molecule has 4 nitrogen and oxygen atoms in total. The van der Waals surface area contributed by atoms with Crippen LogP contribution in [0.4, 0.5) is 4.39 Å². The summed E-state index contributed by atoms with van der Waals surface area (Å²) in [6.07, 6.45) is 0. The second kappa shape index (κ2) is 10.6. The van der Waals surface area contributed by atoms with Gasteiger partial charge in [-0.3, -0.25) is 4.79 Å². The van der Waals surface area contributed by atoms with Gasteiger partial charge in [-0.05, 0) is 55.3 Å². The van der Waals surface area contributed by atoms with Crippen molar-refractivity contribution in [2.75, 3.05) is 6.61 Å². The van der Waals surface area contributed by atoms with Crippen LogP contribution < -0.4 is 10.1 Å². The van der Waals surface area contributed by atoms with Gasteiger partial charge in [-0.15, -0.1) is 0 Å². The summed E-state index contributed by atoms with van der Waals surface area (Å²) < 4.78 is 24.7. The molecule has 1 atom stereocenters. The molecule has 0 radical (unpaired) electrons. The Morgan fingerprint density at radius 2 is 1.73 bits per heavy atom. The number of rotatable bonds is 9. The van der Waals surface area contributed by atoms with E-state index >= 15 is 0 Å². The third-order valence-corrected chi connectivity index (χ3v) is 4.71. The van der Waals surface area contributed by atoms with Crippen LogP contribution in [0.5, 0.6) is 5.75 Å². The van der Waals surface area contributed by atoms with E-state index in [1.54, 1.807) is 30.3 Å². The summed E-state index contributed by atoms with van der Waals surface area (Å²) in [5, 5.41) is 2.95. The van der Waals surface area contributed by atoms with Crippen molar-refractivity contribution in [1.82, 2.24) is 5.32 Å². The Morgan fingerprint density at radius 3 is 2.43 bits per heavy atom. The minimum absolute atomic E-state index is 0.209. The Labute approximate surface area is 176 Å². The average Bonchev–Trinajstić information content (AvgIpc) is 2.76. The van der Waals surface area contributed by atoms with Crippen LogP contribution in [0.1, 0.15) is 46.9 Å². The van der Waals surface area contributed by atoms with E-state index in [4.69, 9.17) is 9.47 Å². The number of ether oxygens (including phenoxy) is 2. The number of amides is 1. The van der Waals surface area contributed by atoms with E-state index < -0.39 is 0 Å². The zero-order chi connectivity index (χ0) is 21.3. The van der Waals surface area contributed by atoms with Crippen LogP contribution >= 0.6 is 0 Å². The highest BCUT2D eigenvalue weighted by molar-refractivity contribution is 5.94. The van der Waals surface area contributed by atoms with E-state index in [9.17, 15) is 9.18 Å². The maximum atomic E-state index is 13.1. The van der Waals surface area contributed by atoms with Gasteiger partial charge in [0.15, 0.2) is 0 Å². The van der Waals surface area contributed by atoms with Gasteiger partial charge in [0.05, 0.1) is 25.9 Å². The van der Waals surface area contributed by atoms with E-state index in [1.807, 2.05) is 44.2 Å². The van der Waals surface area contributed by atoms with Crippen LogP contribution in [0.3, 0.4) is 0 Å². The van der Waals surface area contributed by atoms with Crippen LogP contribution in [-0.2, 0) is 18.0 Å². The minimum atomic E-state index is -0.302. The lowest BCUT2D eigenvalue weighted by molar-refractivity contribution is 0.0937. The predicted octanol–water partition coefficient (Wildman–Crippen LogP) is 5.43. The van der Waals surface area contributed by atoms with Gasteiger partial charge < -0.3 is 14.8 Å². The summed E-state index contributed by atoms with van der Waals surface area (Å²) in [7, 11) is 0. The molecule has 3 aromatic carbocycles. The third-order valence-electron chi connectivity index (χ3n) is 4.71.